The van der Waals surface area contributed by atoms with Crippen molar-refractivity contribution in [1.82, 2.24) is 15.6 Å². The molecular weight excluding hydrogens is 266 g/mol. The molecule has 1 aromatic carbocycles. The smallest absolute Gasteiger partial charge is 0.315 e. The third-order valence-corrected chi connectivity index (χ3v) is 3.43. The number of aromatic nitrogens is 1. The number of hydrogen-bond donors (Lipinski definition) is 2. The van der Waals surface area contributed by atoms with Crippen LogP contribution < -0.4 is 10.6 Å². The summed E-state index contributed by atoms with van der Waals surface area (Å²) in [6.07, 6.45) is 4.50. The molecule has 1 heterocycles. The molecule has 0 unspecified atom stereocenters. The van der Waals surface area contributed by atoms with Gasteiger partial charge in [0.2, 0.25) is 5.89 Å². The zero-order chi connectivity index (χ0) is 14.7. The third kappa shape index (κ3) is 3.84. The van der Waals surface area contributed by atoms with E-state index in [1.165, 1.54) is 5.56 Å². The van der Waals surface area contributed by atoms with Gasteiger partial charge in [0, 0.05) is 24.6 Å². The van der Waals surface area contributed by atoms with Crippen LogP contribution in [0.1, 0.15) is 24.1 Å². The summed E-state index contributed by atoms with van der Waals surface area (Å²) in [5.41, 5.74) is 3.01. The summed E-state index contributed by atoms with van der Waals surface area (Å²) in [5, 5.41) is 5.71. The number of hydrogen-bond acceptors (Lipinski definition) is 3. The highest BCUT2D eigenvalue weighted by molar-refractivity contribution is 5.74. The molecular formula is C16H19N3O2. The van der Waals surface area contributed by atoms with E-state index >= 15 is 0 Å². The Hall–Kier alpha value is -2.30. The molecule has 0 bridgehead atoms. The van der Waals surface area contributed by atoms with Gasteiger partial charge in [0.25, 0.3) is 0 Å². The van der Waals surface area contributed by atoms with Gasteiger partial charge in [-0.1, -0.05) is 17.7 Å². The van der Waals surface area contributed by atoms with Gasteiger partial charge in [0.15, 0.2) is 0 Å². The Morgan fingerprint density at radius 1 is 1.33 bits per heavy atom. The number of rotatable bonds is 5. The SMILES string of the molecule is Cc1ccc(-c2nc(CCNC(=O)NC3CC3)co2)cc1. The van der Waals surface area contributed by atoms with Crippen molar-refractivity contribution >= 4 is 6.03 Å². The van der Waals surface area contributed by atoms with Crippen molar-refractivity contribution in [2.24, 2.45) is 0 Å². The van der Waals surface area contributed by atoms with Crippen LogP contribution in [0.15, 0.2) is 34.9 Å². The highest BCUT2D eigenvalue weighted by Crippen LogP contribution is 2.19. The van der Waals surface area contributed by atoms with E-state index in [1.54, 1.807) is 6.26 Å². The standard InChI is InChI=1S/C16H19N3O2/c1-11-2-4-12(5-3-11)15-18-14(10-21-15)8-9-17-16(20)19-13-6-7-13/h2-5,10,13H,6-9H2,1H3,(H2,17,19,20). The molecule has 0 spiro atoms. The van der Waals surface area contributed by atoms with Gasteiger partial charge >= 0.3 is 6.03 Å². The summed E-state index contributed by atoms with van der Waals surface area (Å²) in [4.78, 5) is 15.9. The molecule has 110 valence electrons. The van der Waals surface area contributed by atoms with Crippen molar-refractivity contribution in [3.05, 3.63) is 41.8 Å². The Morgan fingerprint density at radius 3 is 2.81 bits per heavy atom. The fourth-order valence-corrected chi connectivity index (χ4v) is 2.02. The minimum atomic E-state index is -0.0975. The topological polar surface area (TPSA) is 67.2 Å². The molecule has 1 aliphatic carbocycles. The second kappa shape index (κ2) is 5.99. The number of carbonyl (C=O) groups excluding carboxylic acids is 1. The minimum Gasteiger partial charge on any atom is -0.444 e. The molecule has 0 radical (unpaired) electrons. The summed E-state index contributed by atoms with van der Waals surface area (Å²) in [6.45, 7) is 2.60. The van der Waals surface area contributed by atoms with Crippen molar-refractivity contribution < 1.29 is 9.21 Å². The number of nitrogens with zero attached hydrogens (tertiary/aromatic N) is 1. The van der Waals surface area contributed by atoms with E-state index in [9.17, 15) is 4.79 Å². The number of carbonyl (C=O) groups is 1. The van der Waals surface area contributed by atoms with Gasteiger partial charge in [-0.2, -0.15) is 0 Å². The van der Waals surface area contributed by atoms with Gasteiger partial charge in [-0.05, 0) is 31.9 Å². The minimum absolute atomic E-state index is 0.0975. The number of nitrogens with one attached hydrogen (secondary N) is 2. The van der Waals surface area contributed by atoms with Crippen LogP contribution in [0.4, 0.5) is 4.79 Å². The summed E-state index contributed by atoms with van der Waals surface area (Å²) >= 11 is 0. The van der Waals surface area contributed by atoms with Crippen molar-refractivity contribution in [3.63, 3.8) is 0 Å². The normalized spacial score (nSPS) is 14.0. The summed E-state index contributed by atoms with van der Waals surface area (Å²) < 4.78 is 5.48. The lowest BCUT2D eigenvalue weighted by Crippen LogP contribution is -2.37. The Morgan fingerprint density at radius 2 is 2.10 bits per heavy atom. The van der Waals surface area contributed by atoms with Crippen molar-refractivity contribution in [1.29, 1.82) is 0 Å². The molecule has 1 saturated carbocycles. The second-order valence-corrected chi connectivity index (χ2v) is 5.43. The summed E-state index contributed by atoms with van der Waals surface area (Å²) in [6, 6.07) is 8.33. The lowest BCUT2D eigenvalue weighted by atomic mass is 10.1. The number of benzene rings is 1. The van der Waals surface area contributed by atoms with Crippen LogP contribution >= 0.6 is 0 Å². The van der Waals surface area contributed by atoms with Crippen LogP contribution in [0.2, 0.25) is 0 Å². The van der Waals surface area contributed by atoms with Crippen molar-refractivity contribution in [3.8, 4) is 11.5 Å². The Balaban J connectivity index is 1.50. The average molecular weight is 285 g/mol. The first kappa shape index (κ1) is 13.7. The van der Waals surface area contributed by atoms with E-state index in [4.69, 9.17) is 4.42 Å². The highest BCUT2D eigenvalue weighted by atomic mass is 16.3. The Bertz CT molecular complexity index is 615. The zero-order valence-electron chi connectivity index (χ0n) is 12.1. The van der Waals surface area contributed by atoms with Crippen LogP contribution in [0, 0.1) is 6.92 Å². The monoisotopic (exact) mass is 285 g/mol. The van der Waals surface area contributed by atoms with Gasteiger partial charge in [0.1, 0.15) is 6.26 Å². The molecule has 5 heteroatoms. The maximum Gasteiger partial charge on any atom is 0.315 e. The molecule has 3 rings (SSSR count). The predicted octanol–water partition coefficient (Wildman–Crippen LogP) is 2.65. The lowest BCUT2D eigenvalue weighted by Gasteiger charge is -2.04. The van der Waals surface area contributed by atoms with E-state index in [0.717, 1.165) is 24.1 Å². The molecule has 0 saturated heterocycles. The van der Waals surface area contributed by atoms with Gasteiger partial charge in [0.05, 0.1) is 5.69 Å². The molecule has 1 fully saturated rings. The predicted molar refractivity (Wildman–Crippen MR) is 79.9 cm³/mol. The van der Waals surface area contributed by atoms with Crippen molar-refractivity contribution in [2.75, 3.05) is 6.54 Å². The molecule has 0 aliphatic heterocycles. The van der Waals surface area contributed by atoms with Gasteiger partial charge in [-0.15, -0.1) is 0 Å². The zero-order valence-corrected chi connectivity index (χ0v) is 12.1. The van der Waals surface area contributed by atoms with Gasteiger partial charge in [-0.3, -0.25) is 0 Å². The van der Waals surface area contributed by atoms with E-state index < -0.39 is 0 Å². The van der Waals surface area contributed by atoms with E-state index in [0.29, 0.717) is 24.9 Å². The third-order valence-electron chi connectivity index (χ3n) is 3.43. The second-order valence-electron chi connectivity index (χ2n) is 5.43. The number of aryl methyl sites for hydroxylation is 1. The largest absolute Gasteiger partial charge is 0.444 e. The number of amides is 2. The summed E-state index contributed by atoms with van der Waals surface area (Å²) in [5.74, 6) is 0.618. The Labute approximate surface area is 123 Å². The molecule has 21 heavy (non-hydrogen) atoms. The first-order valence-electron chi connectivity index (χ1n) is 7.26. The molecule has 5 nitrogen and oxygen atoms in total. The van der Waals surface area contributed by atoms with Crippen molar-refractivity contribution in [2.45, 2.75) is 32.2 Å². The van der Waals surface area contributed by atoms with Crippen LogP contribution in [-0.2, 0) is 6.42 Å². The quantitative estimate of drug-likeness (QED) is 0.887. The van der Waals surface area contributed by atoms with E-state index in [1.807, 2.05) is 31.2 Å². The lowest BCUT2D eigenvalue weighted by molar-refractivity contribution is 0.240. The van der Waals surface area contributed by atoms with Crippen LogP contribution in [-0.4, -0.2) is 23.6 Å². The number of urea groups is 1. The molecule has 1 aromatic heterocycles. The van der Waals surface area contributed by atoms with E-state index in [-0.39, 0.29) is 6.03 Å². The van der Waals surface area contributed by atoms with Gasteiger partial charge in [-0.25, -0.2) is 9.78 Å². The molecule has 0 atom stereocenters. The first-order valence-corrected chi connectivity index (χ1v) is 7.26. The number of oxazole rings is 1. The molecule has 1 aliphatic rings. The maximum atomic E-state index is 11.5. The summed E-state index contributed by atoms with van der Waals surface area (Å²) in [7, 11) is 0. The van der Waals surface area contributed by atoms with Crippen LogP contribution in [0.5, 0.6) is 0 Å². The van der Waals surface area contributed by atoms with Crippen LogP contribution in [0.3, 0.4) is 0 Å². The molecule has 2 amide bonds. The fourth-order valence-electron chi connectivity index (χ4n) is 2.02. The van der Waals surface area contributed by atoms with E-state index in [2.05, 4.69) is 15.6 Å². The molecule has 2 aromatic rings. The highest BCUT2D eigenvalue weighted by Gasteiger charge is 2.22. The van der Waals surface area contributed by atoms with Crippen LogP contribution in [0.25, 0.3) is 11.5 Å². The van der Waals surface area contributed by atoms with Gasteiger partial charge < -0.3 is 15.1 Å². The maximum absolute atomic E-state index is 11.5. The first-order chi connectivity index (χ1) is 10.2. The molecule has 2 N–H and O–H groups in total. The fraction of sp³-hybridized carbons (Fsp3) is 0.375. The average Bonchev–Trinajstić information content (AvgIpc) is 3.15. The Kier molecular flexibility index (Phi) is 3.90.